The Morgan fingerprint density at radius 1 is 0.933 bits per heavy atom. The minimum atomic E-state index is -0.259. The van der Waals surface area contributed by atoms with Crippen LogP contribution in [0.2, 0.25) is 0 Å². The lowest BCUT2D eigenvalue weighted by Gasteiger charge is -2.13. The second-order valence-electron chi connectivity index (χ2n) is 6.98. The Kier molecular flexibility index (Phi) is 4.59. The summed E-state index contributed by atoms with van der Waals surface area (Å²) in [7, 11) is 0. The summed E-state index contributed by atoms with van der Waals surface area (Å²) < 4.78 is 16.7. The minimum absolute atomic E-state index is 0.130. The van der Waals surface area contributed by atoms with Gasteiger partial charge in [-0.25, -0.2) is 8.96 Å². The molecule has 0 spiro atoms. The Morgan fingerprint density at radius 3 is 2.47 bits per heavy atom. The third kappa shape index (κ3) is 3.07. The van der Waals surface area contributed by atoms with Crippen LogP contribution in [0.15, 0.2) is 82.7 Å². The highest BCUT2D eigenvalue weighted by molar-refractivity contribution is 7.98. The Hall–Kier alpha value is -3.45. The number of para-hydroxylation sites is 2. The minimum Gasteiger partial charge on any atom is -0.268 e. The van der Waals surface area contributed by atoms with E-state index >= 15 is 0 Å². The lowest BCUT2D eigenvalue weighted by Crippen LogP contribution is -2.22. The zero-order chi connectivity index (χ0) is 20.7. The van der Waals surface area contributed by atoms with Crippen LogP contribution in [0.4, 0.5) is 4.39 Å². The molecule has 0 aliphatic carbocycles. The lowest BCUT2D eigenvalue weighted by molar-refractivity contribution is 0.627. The summed E-state index contributed by atoms with van der Waals surface area (Å²) in [5.41, 5.74) is 3.36. The average Bonchev–Trinajstić information content (AvgIpc) is 3.18. The maximum Gasteiger partial charge on any atom is 0.267 e. The van der Waals surface area contributed by atoms with E-state index in [1.54, 1.807) is 16.7 Å². The van der Waals surface area contributed by atoms with Gasteiger partial charge in [0.1, 0.15) is 5.82 Å². The van der Waals surface area contributed by atoms with Gasteiger partial charge in [-0.05, 0) is 48.4 Å². The fourth-order valence-corrected chi connectivity index (χ4v) is 4.43. The van der Waals surface area contributed by atoms with Crippen molar-refractivity contribution in [1.82, 2.24) is 19.2 Å². The molecule has 0 atom stereocenters. The molecule has 0 aliphatic rings. The molecule has 2 heterocycles. The number of halogens is 1. The summed E-state index contributed by atoms with van der Waals surface area (Å²) in [6.45, 7) is 1.97. The summed E-state index contributed by atoms with van der Waals surface area (Å²) in [5.74, 6) is 0.818. The van der Waals surface area contributed by atoms with Crippen molar-refractivity contribution in [3.05, 3.63) is 100 Å². The number of hydrogen-bond acceptors (Lipinski definition) is 4. The van der Waals surface area contributed by atoms with Crippen molar-refractivity contribution >= 4 is 28.4 Å². The average molecular weight is 416 g/mol. The number of fused-ring (bicyclic) bond motifs is 3. The first kappa shape index (κ1) is 18.6. The summed E-state index contributed by atoms with van der Waals surface area (Å²) >= 11 is 1.50. The summed E-state index contributed by atoms with van der Waals surface area (Å²) in [6, 6.07) is 21.6. The van der Waals surface area contributed by atoms with Gasteiger partial charge in [0.05, 0.1) is 16.6 Å². The van der Waals surface area contributed by atoms with E-state index in [0.29, 0.717) is 22.1 Å². The third-order valence-electron chi connectivity index (χ3n) is 5.03. The molecule has 2 aromatic heterocycles. The molecular formula is C23H17FN4OS. The number of aryl methyl sites for hydroxylation is 1. The number of benzene rings is 3. The van der Waals surface area contributed by atoms with E-state index in [-0.39, 0.29) is 11.4 Å². The van der Waals surface area contributed by atoms with Gasteiger partial charge in [-0.2, -0.15) is 0 Å². The van der Waals surface area contributed by atoms with Gasteiger partial charge in [-0.15, -0.1) is 10.2 Å². The van der Waals surface area contributed by atoms with Gasteiger partial charge in [-0.1, -0.05) is 54.2 Å². The Bertz CT molecular complexity index is 1440. The number of hydrogen-bond donors (Lipinski definition) is 0. The first-order valence-electron chi connectivity index (χ1n) is 9.45. The van der Waals surface area contributed by atoms with Crippen molar-refractivity contribution < 1.29 is 4.39 Å². The molecular weight excluding hydrogens is 399 g/mol. The summed E-state index contributed by atoms with van der Waals surface area (Å²) in [5, 5.41) is 10.0. The van der Waals surface area contributed by atoms with E-state index in [9.17, 15) is 9.18 Å². The molecule has 3 aromatic carbocycles. The van der Waals surface area contributed by atoms with Gasteiger partial charge in [0.15, 0.2) is 5.16 Å². The Morgan fingerprint density at radius 2 is 1.67 bits per heavy atom. The maximum atomic E-state index is 13.4. The molecule has 7 heteroatoms. The van der Waals surface area contributed by atoms with E-state index in [4.69, 9.17) is 0 Å². The fourth-order valence-electron chi connectivity index (χ4n) is 3.53. The van der Waals surface area contributed by atoms with E-state index in [0.717, 1.165) is 22.3 Å². The highest BCUT2D eigenvalue weighted by Crippen LogP contribution is 2.26. The number of nitrogens with zero attached hydrogens (tertiary/aromatic N) is 4. The molecule has 0 N–H and O–H groups in total. The molecule has 0 amide bonds. The Balaban J connectivity index is 1.72. The van der Waals surface area contributed by atoms with Crippen molar-refractivity contribution in [3.63, 3.8) is 0 Å². The van der Waals surface area contributed by atoms with Gasteiger partial charge in [-0.3, -0.25) is 9.20 Å². The van der Waals surface area contributed by atoms with E-state index in [2.05, 4.69) is 10.2 Å². The first-order valence-corrected chi connectivity index (χ1v) is 10.4. The number of aromatic nitrogens is 4. The zero-order valence-electron chi connectivity index (χ0n) is 16.1. The quantitative estimate of drug-likeness (QED) is 0.396. The summed E-state index contributed by atoms with van der Waals surface area (Å²) in [6.07, 6.45) is 0. The molecule has 30 heavy (non-hydrogen) atoms. The molecule has 0 bridgehead atoms. The molecule has 148 valence electrons. The van der Waals surface area contributed by atoms with E-state index < -0.39 is 0 Å². The van der Waals surface area contributed by atoms with Gasteiger partial charge in [0.25, 0.3) is 5.56 Å². The van der Waals surface area contributed by atoms with Gasteiger partial charge < -0.3 is 0 Å². The highest BCUT2D eigenvalue weighted by Gasteiger charge is 2.18. The molecule has 5 rings (SSSR count). The molecule has 0 saturated carbocycles. The predicted molar refractivity (Wildman–Crippen MR) is 117 cm³/mol. The number of thioether (sulfide) groups is 1. The van der Waals surface area contributed by atoms with Crippen LogP contribution in [0.3, 0.4) is 0 Å². The van der Waals surface area contributed by atoms with Gasteiger partial charge >= 0.3 is 0 Å². The second kappa shape index (κ2) is 7.42. The smallest absolute Gasteiger partial charge is 0.267 e. The molecule has 0 saturated heterocycles. The second-order valence-corrected chi connectivity index (χ2v) is 7.92. The largest absolute Gasteiger partial charge is 0.268 e. The van der Waals surface area contributed by atoms with Crippen LogP contribution in [0.5, 0.6) is 0 Å². The third-order valence-corrected chi connectivity index (χ3v) is 6.03. The van der Waals surface area contributed by atoms with Crippen molar-refractivity contribution in [2.45, 2.75) is 17.8 Å². The molecule has 0 aliphatic heterocycles. The van der Waals surface area contributed by atoms with Crippen LogP contribution in [0, 0.1) is 12.7 Å². The predicted octanol–water partition coefficient (Wildman–Crippen LogP) is 4.77. The number of rotatable bonds is 4. The van der Waals surface area contributed by atoms with Crippen LogP contribution in [0.25, 0.3) is 22.4 Å². The Labute approximate surface area is 175 Å². The topological polar surface area (TPSA) is 52.2 Å². The zero-order valence-corrected chi connectivity index (χ0v) is 16.9. The maximum absolute atomic E-state index is 13.4. The van der Waals surface area contributed by atoms with E-state index in [1.807, 2.05) is 59.9 Å². The van der Waals surface area contributed by atoms with Crippen LogP contribution in [0.1, 0.15) is 11.1 Å². The van der Waals surface area contributed by atoms with Gasteiger partial charge in [0.2, 0.25) is 5.78 Å². The van der Waals surface area contributed by atoms with E-state index in [1.165, 1.54) is 23.9 Å². The first-order chi connectivity index (χ1) is 14.6. The van der Waals surface area contributed by atoms with Gasteiger partial charge in [0, 0.05) is 5.75 Å². The van der Waals surface area contributed by atoms with Crippen molar-refractivity contribution in [1.29, 1.82) is 0 Å². The van der Waals surface area contributed by atoms with Crippen LogP contribution in [-0.2, 0) is 5.75 Å². The molecule has 0 unspecified atom stereocenters. The molecule has 5 nitrogen and oxygen atoms in total. The summed E-state index contributed by atoms with van der Waals surface area (Å²) in [4.78, 5) is 13.4. The molecule has 5 aromatic rings. The van der Waals surface area contributed by atoms with Crippen molar-refractivity contribution in [2.24, 2.45) is 0 Å². The SMILES string of the molecule is Cc1ccccc1-n1c(=O)c2ccccc2n2c(SCc3ccc(F)cc3)nnc12. The lowest BCUT2D eigenvalue weighted by atomic mass is 10.2. The van der Waals surface area contributed by atoms with Crippen LogP contribution < -0.4 is 5.56 Å². The normalized spacial score (nSPS) is 11.4. The molecule has 0 fully saturated rings. The fraction of sp³-hybridized carbons (Fsp3) is 0.0870. The van der Waals surface area contributed by atoms with Crippen LogP contribution >= 0.6 is 11.8 Å². The van der Waals surface area contributed by atoms with Crippen molar-refractivity contribution in [3.8, 4) is 5.69 Å². The van der Waals surface area contributed by atoms with Crippen molar-refractivity contribution in [2.75, 3.05) is 0 Å². The monoisotopic (exact) mass is 416 g/mol. The highest BCUT2D eigenvalue weighted by atomic mass is 32.2. The van der Waals surface area contributed by atoms with Crippen LogP contribution in [-0.4, -0.2) is 19.2 Å². The standard InChI is InChI=1S/C23H17FN4OS/c1-15-6-2-4-8-19(15)27-21(29)18-7-3-5-9-20(18)28-22(27)25-26-23(28)30-14-16-10-12-17(24)13-11-16/h2-13H,14H2,1H3. The molecule has 0 radical (unpaired) electrons.